The molecule has 1 aliphatic heterocycles. The number of amides is 1. The van der Waals surface area contributed by atoms with Crippen molar-refractivity contribution in [3.05, 3.63) is 59.7 Å². The molecule has 0 radical (unpaired) electrons. The summed E-state index contributed by atoms with van der Waals surface area (Å²) in [6, 6.07) is 14.0. The predicted octanol–water partition coefficient (Wildman–Crippen LogP) is 3.88. The zero-order valence-corrected chi connectivity index (χ0v) is 16.6. The van der Waals surface area contributed by atoms with Gasteiger partial charge in [0.15, 0.2) is 0 Å². The summed E-state index contributed by atoms with van der Waals surface area (Å²) in [4.78, 5) is 12.9. The average Bonchev–Trinajstić information content (AvgIpc) is 2.66. The lowest BCUT2D eigenvalue weighted by Gasteiger charge is -2.34. The Morgan fingerprint density at radius 2 is 1.70 bits per heavy atom. The number of nitrogens with zero attached hydrogens (tertiary/aromatic N) is 1. The Morgan fingerprint density at radius 3 is 2.37 bits per heavy atom. The van der Waals surface area contributed by atoms with E-state index in [0.29, 0.717) is 13.0 Å². The van der Waals surface area contributed by atoms with E-state index in [-0.39, 0.29) is 23.3 Å². The normalized spacial score (nSPS) is 18.2. The number of anilines is 1. The third-order valence-electron chi connectivity index (χ3n) is 5.09. The SMILES string of the molecule is Cc1cccc(C)c1NC(=O)C[C@H]1CCCCN1S(=O)(=O)c1ccccc1. The van der Waals surface area contributed by atoms with Gasteiger partial charge in [-0.2, -0.15) is 4.31 Å². The summed E-state index contributed by atoms with van der Waals surface area (Å²) in [6.07, 6.45) is 2.62. The zero-order valence-electron chi connectivity index (χ0n) is 15.8. The second kappa shape index (κ2) is 8.23. The molecule has 1 N–H and O–H groups in total. The molecule has 0 bridgehead atoms. The Bertz CT molecular complexity index is 890. The molecule has 2 aromatic carbocycles. The van der Waals surface area contributed by atoms with Gasteiger partial charge < -0.3 is 5.32 Å². The highest BCUT2D eigenvalue weighted by Gasteiger charge is 2.34. The molecule has 1 saturated heterocycles. The molecule has 1 heterocycles. The van der Waals surface area contributed by atoms with Crippen molar-refractivity contribution in [2.24, 2.45) is 0 Å². The minimum Gasteiger partial charge on any atom is -0.326 e. The summed E-state index contributed by atoms with van der Waals surface area (Å²) in [7, 11) is -3.59. The van der Waals surface area contributed by atoms with E-state index in [0.717, 1.165) is 29.7 Å². The Morgan fingerprint density at radius 1 is 1.04 bits per heavy atom. The third kappa shape index (κ3) is 4.39. The van der Waals surface area contributed by atoms with Crippen LogP contribution in [0.1, 0.15) is 36.8 Å². The lowest BCUT2D eigenvalue weighted by Crippen LogP contribution is -2.45. The topological polar surface area (TPSA) is 66.5 Å². The molecule has 3 rings (SSSR count). The van der Waals surface area contributed by atoms with Gasteiger partial charge in [-0.25, -0.2) is 8.42 Å². The van der Waals surface area contributed by atoms with Gasteiger partial charge in [-0.1, -0.05) is 42.8 Å². The van der Waals surface area contributed by atoms with Gasteiger partial charge in [-0.15, -0.1) is 0 Å². The number of rotatable bonds is 5. The van der Waals surface area contributed by atoms with Crippen LogP contribution in [0.5, 0.6) is 0 Å². The van der Waals surface area contributed by atoms with Crippen molar-refractivity contribution >= 4 is 21.6 Å². The number of aryl methyl sites for hydroxylation is 2. The van der Waals surface area contributed by atoms with E-state index in [1.165, 1.54) is 4.31 Å². The number of nitrogens with one attached hydrogen (secondary N) is 1. The second-order valence-corrected chi connectivity index (χ2v) is 8.99. The van der Waals surface area contributed by atoms with Crippen LogP contribution in [0.3, 0.4) is 0 Å². The van der Waals surface area contributed by atoms with Crippen molar-refractivity contribution in [3.63, 3.8) is 0 Å². The van der Waals surface area contributed by atoms with Crippen LogP contribution in [-0.4, -0.2) is 31.2 Å². The van der Waals surface area contributed by atoms with E-state index in [9.17, 15) is 13.2 Å². The monoisotopic (exact) mass is 386 g/mol. The van der Waals surface area contributed by atoms with E-state index in [4.69, 9.17) is 0 Å². The molecule has 0 aromatic heterocycles. The molecule has 1 amide bonds. The van der Waals surface area contributed by atoms with Crippen molar-refractivity contribution in [3.8, 4) is 0 Å². The summed E-state index contributed by atoms with van der Waals surface area (Å²) in [6.45, 7) is 4.36. The van der Waals surface area contributed by atoms with Gasteiger partial charge in [0.1, 0.15) is 0 Å². The van der Waals surface area contributed by atoms with Crippen LogP contribution in [0, 0.1) is 13.8 Å². The van der Waals surface area contributed by atoms with Crippen LogP contribution in [0.2, 0.25) is 0 Å². The highest BCUT2D eigenvalue weighted by Crippen LogP contribution is 2.28. The highest BCUT2D eigenvalue weighted by atomic mass is 32.2. The number of hydrogen-bond acceptors (Lipinski definition) is 3. The Labute approximate surface area is 161 Å². The fourth-order valence-corrected chi connectivity index (χ4v) is 5.35. The highest BCUT2D eigenvalue weighted by molar-refractivity contribution is 7.89. The molecular weight excluding hydrogens is 360 g/mol. The number of benzene rings is 2. The maximum absolute atomic E-state index is 13.0. The van der Waals surface area contributed by atoms with Crippen molar-refractivity contribution in [1.29, 1.82) is 0 Å². The molecule has 27 heavy (non-hydrogen) atoms. The minimum absolute atomic E-state index is 0.146. The van der Waals surface area contributed by atoms with Gasteiger partial charge in [0, 0.05) is 24.7 Å². The zero-order chi connectivity index (χ0) is 19.4. The van der Waals surface area contributed by atoms with Gasteiger partial charge >= 0.3 is 0 Å². The van der Waals surface area contributed by atoms with Gasteiger partial charge in [-0.3, -0.25) is 4.79 Å². The number of piperidine rings is 1. The molecule has 0 saturated carbocycles. The molecule has 5 nitrogen and oxygen atoms in total. The van der Waals surface area contributed by atoms with Crippen molar-refractivity contribution in [1.82, 2.24) is 4.31 Å². The second-order valence-electron chi connectivity index (χ2n) is 7.10. The van der Waals surface area contributed by atoms with Crippen LogP contribution in [-0.2, 0) is 14.8 Å². The molecular formula is C21H26N2O3S. The molecule has 0 spiro atoms. The van der Waals surface area contributed by atoms with Crippen LogP contribution < -0.4 is 5.32 Å². The molecule has 0 aliphatic carbocycles. The molecule has 2 aromatic rings. The van der Waals surface area contributed by atoms with Crippen molar-refractivity contribution in [2.45, 2.75) is 50.5 Å². The predicted molar refractivity (Wildman–Crippen MR) is 107 cm³/mol. The number of sulfonamides is 1. The average molecular weight is 387 g/mol. The van der Waals surface area contributed by atoms with E-state index in [1.807, 2.05) is 32.0 Å². The molecule has 144 valence electrons. The molecule has 1 atom stereocenters. The molecule has 0 unspecified atom stereocenters. The molecule has 6 heteroatoms. The standard InChI is InChI=1S/C21H26N2O3S/c1-16-9-8-10-17(2)21(16)22-20(24)15-18-11-6-7-14-23(18)27(25,26)19-12-4-3-5-13-19/h3-5,8-10,12-13,18H,6-7,11,14-15H2,1-2H3,(H,22,24)/t18-/m1/s1. The number of carbonyl (C=O) groups excluding carboxylic acids is 1. The lowest BCUT2D eigenvalue weighted by atomic mass is 10.0. The van der Waals surface area contributed by atoms with Crippen molar-refractivity contribution in [2.75, 3.05) is 11.9 Å². The maximum atomic E-state index is 13.0. The van der Waals surface area contributed by atoms with Crippen molar-refractivity contribution < 1.29 is 13.2 Å². The van der Waals surface area contributed by atoms with Crippen LogP contribution >= 0.6 is 0 Å². The molecule has 1 fully saturated rings. The quantitative estimate of drug-likeness (QED) is 0.848. The fraction of sp³-hybridized carbons (Fsp3) is 0.381. The van der Waals surface area contributed by atoms with Gasteiger partial charge in [0.25, 0.3) is 0 Å². The number of hydrogen-bond donors (Lipinski definition) is 1. The van der Waals surface area contributed by atoms with E-state index in [2.05, 4.69) is 5.32 Å². The Hall–Kier alpha value is -2.18. The first kappa shape index (κ1) is 19.6. The largest absolute Gasteiger partial charge is 0.326 e. The molecule has 1 aliphatic rings. The third-order valence-corrected chi connectivity index (χ3v) is 7.06. The van der Waals surface area contributed by atoms with E-state index < -0.39 is 10.0 Å². The van der Waals surface area contributed by atoms with Crippen LogP contribution in [0.4, 0.5) is 5.69 Å². The van der Waals surface area contributed by atoms with Gasteiger partial charge in [-0.05, 0) is 49.9 Å². The number of carbonyl (C=O) groups is 1. The summed E-state index contributed by atoms with van der Waals surface area (Å²) >= 11 is 0. The van der Waals surface area contributed by atoms with Gasteiger partial charge in [0.2, 0.25) is 15.9 Å². The maximum Gasteiger partial charge on any atom is 0.243 e. The minimum atomic E-state index is -3.59. The van der Waals surface area contributed by atoms with E-state index >= 15 is 0 Å². The van der Waals surface area contributed by atoms with Crippen LogP contribution in [0.25, 0.3) is 0 Å². The lowest BCUT2D eigenvalue weighted by molar-refractivity contribution is -0.117. The smallest absolute Gasteiger partial charge is 0.243 e. The first-order valence-electron chi connectivity index (χ1n) is 9.32. The van der Waals surface area contributed by atoms with Gasteiger partial charge in [0.05, 0.1) is 4.90 Å². The Kier molecular flexibility index (Phi) is 5.97. The van der Waals surface area contributed by atoms with E-state index in [1.54, 1.807) is 30.3 Å². The first-order valence-corrected chi connectivity index (χ1v) is 10.8. The Balaban J connectivity index is 1.77. The summed E-state index contributed by atoms with van der Waals surface area (Å²) in [5.41, 5.74) is 2.82. The summed E-state index contributed by atoms with van der Waals surface area (Å²) in [5.74, 6) is -0.146. The fourth-order valence-electron chi connectivity index (χ4n) is 3.64. The first-order chi connectivity index (χ1) is 12.9. The van der Waals surface area contributed by atoms with Crippen LogP contribution in [0.15, 0.2) is 53.4 Å². The number of para-hydroxylation sites is 1. The summed E-state index contributed by atoms with van der Waals surface area (Å²) < 4.78 is 27.6. The summed E-state index contributed by atoms with van der Waals surface area (Å²) in [5, 5.41) is 2.98.